The maximum absolute atomic E-state index is 10.7. The average Bonchev–Trinajstić information content (AvgIpc) is 2.34. The van der Waals surface area contributed by atoms with Crippen LogP contribution in [0.5, 0.6) is 0 Å². The van der Waals surface area contributed by atoms with Gasteiger partial charge in [0, 0.05) is 0 Å². The van der Waals surface area contributed by atoms with Gasteiger partial charge in [-0.2, -0.15) is 0 Å². The molecule has 1 aromatic heterocycles. The largest absolute Gasteiger partial charge is 0.446 e. The molecule has 1 aromatic rings. The van der Waals surface area contributed by atoms with E-state index in [4.69, 9.17) is 9.52 Å². The second-order valence-electron chi connectivity index (χ2n) is 1.69. The first kappa shape index (κ1) is 7.50. The van der Waals surface area contributed by atoms with Crippen LogP contribution in [-0.2, 0) is 0 Å². The topological polar surface area (TPSA) is 50.4 Å². The van der Waals surface area contributed by atoms with Crippen molar-refractivity contribution in [2.24, 2.45) is 0 Å². The second kappa shape index (κ2) is 2.98. The van der Waals surface area contributed by atoms with Gasteiger partial charge in [0.1, 0.15) is 6.61 Å². The van der Waals surface area contributed by atoms with Gasteiger partial charge in [0.05, 0.1) is 0 Å². The maximum atomic E-state index is 10.7. The lowest BCUT2D eigenvalue weighted by Crippen LogP contribution is -2.01. The molecule has 1 rings (SSSR count). The summed E-state index contributed by atoms with van der Waals surface area (Å²) in [4.78, 5) is 10.7. The van der Waals surface area contributed by atoms with E-state index in [0.717, 1.165) is 0 Å². The highest BCUT2D eigenvalue weighted by Crippen LogP contribution is 2.13. The van der Waals surface area contributed by atoms with Crippen LogP contribution < -0.4 is 0 Å². The summed E-state index contributed by atoms with van der Waals surface area (Å²) >= 11 is 3.03. The quantitative estimate of drug-likeness (QED) is 0.738. The van der Waals surface area contributed by atoms with E-state index < -0.39 is 12.4 Å². The van der Waals surface area contributed by atoms with Crippen molar-refractivity contribution >= 4 is 21.7 Å². The van der Waals surface area contributed by atoms with Gasteiger partial charge in [-0.1, -0.05) is 0 Å². The molecule has 0 aliphatic heterocycles. The molecule has 0 aliphatic rings. The Morgan fingerprint density at radius 2 is 2.40 bits per heavy atom. The summed E-state index contributed by atoms with van der Waals surface area (Å²) in [5, 5.41) is 8.37. The van der Waals surface area contributed by atoms with Gasteiger partial charge in [-0.25, -0.2) is 0 Å². The van der Waals surface area contributed by atoms with E-state index in [-0.39, 0.29) is 5.76 Å². The summed E-state index contributed by atoms with van der Waals surface area (Å²) < 4.78 is 5.33. The lowest BCUT2D eigenvalue weighted by Gasteiger charge is -1.87. The molecular formula is C6H5BrO3. The van der Waals surface area contributed by atoms with Crippen molar-refractivity contribution in [1.29, 1.82) is 0 Å². The smallest absolute Gasteiger partial charge is 0.223 e. The van der Waals surface area contributed by atoms with Crippen LogP contribution in [0.1, 0.15) is 10.6 Å². The van der Waals surface area contributed by atoms with Crippen LogP contribution in [0.3, 0.4) is 0 Å². The number of hydrogen-bond donors (Lipinski definition) is 1. The first-order valence-corrected chi connectivity index (χ1v) is 3.42. The second-order valence-corrected chi connectivity index (χ2v) is 2.47. The number of carbonyl (C=O) groups is 1. The minimum atomic E-state index is -0.514. The molecule has 4 heteroatoms. The fourth-order valence-corrected chi connectivity index (χ4v) is 0.849. The van der Waals surface area contributed by atoms with E-state index in [1.807, 2.05) is 0 Å². The van der Waals surface area contributed by atoms with Crippen molar-refractivity contribution in [3.8, 4) is 0 Å². The fraction of sp³-hybridized carbons (Fsp3) is 0.167. The molecule has 3 nitrogen and oxygen atoms in total. The fourth-order valence-electron chi connectivity index (χ4n) is 0.542. The van der Waals surface area contributed by atoms with Crippen molar-refractivity contribution < 1.29 is 14.3 Å². The number of ketones is 1. The van der Waals surface area contributed by atoms with Gasteiger partial charge in [0.2, 0.25) is 5.78 Å². The average molecular weight is 205 g/mol. The summed E-state index contributed by atoms with van der Waals surface area (Å²) in [6.07, 6.45) is 0. The molecule has 54 valence electrons. The SMILES string of the molecule is O=C(CO)c1ccc(Br)o1. The Hall–Kier alpha value is -0.610. The molecule has 0 saturated heterocycles. The zero-order valence-electron chi connectivity index (χ0n) is 5.00. The molecule has 0 spiro atoms. The van der Waals surface area contributed by atoms with Crippen molar-refractivity contribution in [3.63, 3.8) is 0 Å². The molecule has 0 radical (unpaired) electrons. The number of Topliss-reactive ketones (excluding diaryl/α,β-unsaturated/α-hetero) is 1. The summed E-state index contributed by atoms with van der Waals surface area (Å²) in [6, 6.07) is 3.10. The summed E-state index contributed by atoms with van der Waals surface area (Å²) in [5.41, 5.74) is 0. The van der Waals surface area contributed by atoms with E-state index in [1.54, 1.807) is 6.07 Å². The van der Waals surface area contributed by atoms with Gasteiger partial charge >= 0.3 is 0 Å². The number of rotatable bonds is 2. The van der Waals surface area contributed by atoms with Crippen molar-refractivity contribution in [2.75, 3.05) is 6.61 Å². The lowest BCUT2D eigenvalue weighted by atomic mass is 10.3. The van der Waals surface area contributed by atoms with Crippen LogP contribution in [0.25, 0.3) is 0 Å². The molecule has 10 heavy (non-hydrogen) atoms. The Bertz CT molecular complexity index is 241. The van der Waals surface area contributed by atoms with E-state index >= 15 is 0 Å². The number of halogens is 1. The molecule has 0 aliphatic carbocycles. The minimum Gasteiger partial charge on any atom is -0.446 e. The minimum absolute atomic E-state index is 0.175. The zero-order chi connectivity index (χ0) is 7.56. The monoisotopic (exact) mass is 204 g/mol. The van der Waals surface area contributed by atoms with Gasteiger partial charge < -0.3 is 9.52 Å². The summed E-state index contributed by atoms with van der Waals surface area (Å²) in [7, 11) is 0. The van der Waals surface area contributed by atoms with E-state index in [1.165, 1.54) is 6.07 Å². The maximum Gasteiger partial charge on any atom is 0.223 e. The van der Waals surface area contributed by atoms with Gasteiger partial charge in [-0.05, 0) is 28.1 Å². The normalized spacial score (nSPS) is 9.80. The summed E-state index contributed by atoms with van der Waals surface area (Å²) in [6.45, 7) is -0.514. The predicted octanol–water partition coefficient (Wildman–Crippen LogP) is 1.22. The van der Waals surface area contributed by atoms with Crippen LogP contribution in [-0.4, -0.2) is 17.5 Å². The van der Waals surface area contributed by atoms with E-state index in [0.29, 0.717) is 4.67 Å². The molecule has 0 unspecified atom stereocenters. The van der Waals surface area contributed by atoms with Crippen molar-refractivity contribution in [2.45, 2.75) is 0 Å². The number of hydrogen-bond acceptors (Lipinski definition) is 3. The Balaban J connectivity index is 2.85. The third-order valence-electron chi connectivity index (χ3n) is 0.992. The number of furan rings is 1. The molecule has 0 fully saturated rings. The van der Waals surface area contributed by atoms with Crippen LogP contribution >= 0.6 is 15.9 Å². The van der Waals surface area contributed by atoms with Crippen LogP contribution in [0.15, 0.2) is 21.2 Å². The van der Waals surface area contributed by atoms with Gasteiger partial charge in [-0.15, -0.1) is 0 Å². The van der Waals surface area contributed by atoms with E-state index in [9.17, 15) is 4.79 Å². The van der Waals surface area contributed by atoms with Crippen LogP contribution in [0.2, 0.25) is 0 Å². The molecule has 0 atom stereocenters. The Morgan fingerprint density at radius 1 is 1.70 bits per heavy atom. The molecule has 1 N–H and O–H groups in total. The number of carbonyl (C=O) groups excluding carboxylic acids is 1. The number of aliphatic hydroxyl groups is 1. The summed E-state index contributed by atoms with van der Waals surface area (Å²) in [5.74, 6) is -0.236. The van der Waals surface area contributed by atoms with Gasteiger partial charge in [0.15, 0.2) is 10.4 Å². The molecular weight excluding hydrogens is 200 g/mol. The predicted molar refractivity (Wildman–Crippen MR) is 37.8 cm³/mol. The molecule has 1 heterocycles. The molecule has 0 saturated carbocycles. The third kappa shape index (κ3) is 1.46. The molecule has 0 aromatic carbocycles. The van der Waals surface area contributed by atoms with Crippen molar-refractivity contribution in [3.05, 3.63) is 22.6 Å². The first-order chi connectivity index (χ1) is 4.74. The standard InChI is InChI=1S/C6H5BrO3/c7-6-2-1-5(10-6)4(9)3-8/h1-2,8H,3H2. The highest BCUT2D eigenvalue weighted by molar-refractivity contribution is 9.10. The van der Waals surface area contributed by atoms with E-state index in [2.05, 4.69) is 15.9 Å². The highest BCUT2D eigenvalue weighted by atomic mass is 79.9. The van der Waals surface area contributed by atoms with Crippen molar-refractivity contribution in [1.82, 2.24) is 0 Å². The Labute approximate surface area is 65.8 Å². The van der Waals surface area contributed by atoms with Crippen LogP contribution in [0.4, 0.5) is 0 Å². The van der Waals surface area contributed by atoms with Gasteiger partial charge in [0.25, 0.3) is 0 Å². The Morgan fingerprint density at radius 3 is 2.80 bits per heavy atom. The third-order valence-corrected chi connectivity index (χ3v) is 1.42. The number of aliphatic hydroxyl groups excluding tert-OH is 1. The molecule has 0 amide bonds. The van der Waals surface area contributed by atoms with Gasteiger partial charge in [-0.3, -0.25) is 4.79 Å². The zero-order valence-corrected chi connectivity index (χ0v) is 6.59. The lowest BCUT2D eigenvalue weighted by molar-refractivity contribution is 0.0874. The van der Waals surface area contributed by atoms with Crippen LogP contribution in [0, 0.1) is 0 Å². The molecule has 0 bridgehead atoms. The highest BCUT2D eigenvalue weighted by Gasteiger charge is 2.07. The first-order valence-electron chi connectivity index (χ1n) is 2.63. The Kier molecular flexibility index (Phi) is 2.24.